The molecule has 0 unspecified atom stereocenters. The number of amides is 2. The number of carbonyl (C=O) groups excluding carboxylic acids is 2. The van der Waals surface area contributed by atoms with Crippen molar-refractivity contribution >= 4 is 17.5 Å². The van der Waals surface area contributed by atoms with E-state index in [2.05, 4.69) is 10.2 Å². The Balaban J connectivity index is 1.46. The molecule has 164 valence electrons. The number of phenols is 1. The van der Waals surface area contributed by atoms with Crippen LogP contribution in [0.3, 0.4) is 0 Å². The monoisotopic (exact) mass is 429 g/mol. The lowest BCUT2D eigenvalue weighted by Gasteiger charge is -2.37. The minimum absolute atomic E-state index is 0.0879. The molecule has 1 aliphatic heterocycles. The fraction of sp³-hybridized carbons (Fsp3) is 0.231. The Morgan fingerprint density at radius 2 is 1.41 bits per heavy atom. The van der Waals surface area contributed by atoms with E-state index in [-0.39, 0.29) is 17.6 Å². The first-order chi connectivity index (χ1) is 15.6. The van der Waals surface area contributed by atoms with Crippen LogP contribution in [0.1, 0.15) is 15.9 Å². The van der Waals surface area contributed by atoms with E-state index in [0.717, 1.165) is 11.3 Å². The van der Waals surface area contributed by atoms with Crippen LogP contribution in [0.2, 0.25) is 0 Å². The first kappa shape index (κ1) is 21.4. The van der Waals surface area contributed by atoms with E-state index in [0.29, 0.717) is 38.2 Å². The number of rotatable bonds is 6. The molecule has 0 aliphatic carbocycles. The van der Waals surface area contributed by atoms with E-state index in [1.54, 1.807) is 41.3 Å². The molecule has 1 aliphatic rings. The maximum Gasteiger partial charge on any atom is 0.251 e. The summed E-state index contributed by atoms with van der Waals surface area (Å²) in [5, 5.41) is 13.1. The van der Waals surface area contributed by atoms with Crippen LogP contribution in [0.5, 0.6) is 5.75 Å². The SMILES string of the molecule is O=C(N[C@@H](Cc1ccccc1)C(=O)N1CCN(c2ccccc2O)CC1)c1ccccc1. The van der Waals surface area contributed by atoms with E-state index in [1.165, 1.54) is 0 Å². The third-order valence-corrected chi connectivity index (χ3v) is 5.74. The van der Waals surface area contributed by atoms with Crippen molar-refractivity contribution < 1.29 is 14.7 Å². The van der Waals surface area contributed by atoms with Crippen molar-refractivity contribution in [2.45, 2.75) is 12.5 Å². The highest BCUT2D eigenvalue weighted by atomic mass is 16.3. The number of anilines is 1. The third-order valence-electron chi connectivity index (χ3n) is 5.74. The normalized spacial score (nSPS) is 14.6. The molecule has 1 atom stereocenters. The Hall–Kier alpha value is -3.80. The van der Waals surface area contributed by atoms with Crippen molar-refractivity contribution in [3.8, 4) is 5.75 Å². The summed E-state index contributed by atoms with van der Waals surface area (Å²) >= 11 is 0. The van der Waals surface area contributed by atoms with Crippen molar-refractivity contribution in [2.24, 2.45) is 0 Å². The Morgan fingerprint density at radius 3 is 2.06 bits per heavy atom. The summed E-state index contributed by atoms with van der Waals surface area (Å²) < 4.78 is 0. The number of phenolic OH excluding ortho intramolecular Hbond substituents is 1. The summed E-state index contributed by atoms with van der Waals surface area (Å²) in [6.07, 6.45) is 0.429. The highest BCUT2D eigenvalue weighted by Gasteiger charge is 2.29. The molecule has 0 bridgehead atoms. The number of hydrogen-bond acceptors (Lipinski definition) is 4. The molecule has 1 heterocycles. The maximum absolute atomic E-state index is 13.4. The van der Waals surface area contributed by atoms with Gasteiger partial charge in [0.2, 0.25) is 5.91 Å². The van der Waals surface area contributed by atoms with Gasteiger partial charge in [-0.15, -0.1) is 0 Å². The van der Waals surface area contributed by atoms with Crippen LogP contribution in [0.15, 0.2) is 84.9 Å². The predicted molar refractivity (Wildman–Crippen MR) is 125 cm³/mol. The number of carbonyl (C=O) groups is 2. The lowest BCUT2D eigenvalue weighted by atomic mass is 10.0. The quantitative estimate of drug-likeness (QED) is 0.632. The van der Waals surface area contributed by atoms with Gasteiger partial charge in [0.15, 0.2) is 0 Å². The summed E-state index contributed by atoms with van der Waals surface area (Å²) in [7, 11) is 0. The van der Waals surface area contributed by atoms with Crippen molar-refractivity contribution in [3.05, 3.63) is 96.1 Å². The van der Waals surface area contributed by atoms with Crippen LogP contribution in [-0.4, -0.2) is 54.0 Å². The molecular weight excluding hydrogens is 402 g/mol. The van der Waals surface area contributed by atoms with Gasteiger partial charge in [-0.05, 0) is 29.8 Å². The van der Waals surface area contributed by atoms with Crippen molar-refractivity contribution in [3.63, 3.8) is 0 Å². The molecule has 6 nitrogen and oxygen atoms in total. The minimum atomic E-state index is -0.651. The van der Waals surface area contributed by atoms with Crippen LogP contribution in [0, 0.1) is 0 Å². The number of benzene rings is 3. The molecule has 32 heavy (non-hydrogen) atoms. The maximum atomic E-state index is 13.4. The Kier molecular flexibility index (Phi) is 6.70. The highest BCUT2D eigenvalue weighted by Crippen LogP contribution is 2.27. The van der Waals surface area contributed by atoms with Gasteiger partial charge < -0.3 is 20.2 Å². The van der Waals surface area contributed by atoms with Gasteiger partial charge in [0.05, 0.1) is 5.69 Å². The van der Waals surface area contributed by atoms with Crippen LogP contribution >= 0.6 is 0 Å². The minimum Gasteiger partial charge on any atom is -0.506 e. The Morgan fingerprint density at radius 1 is 0.812 bits per heavy atom. The average Bonchev–Trinajstić information content (AvgIpc) is 2.85. The zero-order valence-electron chi connectivity index (χ0n) is 17.9. The zero-order valence-corrected chi connectivity index (χ0v) is 17.9. The molecular formula is C26H27N3O3. The number of nitrogens with zero attached hydrogens (tertiary/aromatic N) is 2. The van der Waals surface area contributed by atoms with Gasteiger partial charge in [-0.2, -0.15) is 0 Å². The second-order valence-corrected chi connectivity index (χ2v) is 7.88. The Labute approximate surface area is 188 Å². The standard InChI is InChI=1S/C26H27N3O3/c30-24-14-8-7-13-23(24)28-15-17-29(18-16-28)26(32)22(19-20-9-3-1-4-10-20)27-25(31)21-11-5-2-6-12-21/h1-14,22,30H,15-19H2,(H,27,31)/t22-/m0/s1. The largest absolute Gasteiger partial charge is 0.506 e. The zero-order chi connectivity index (χ0) is 22.3. The topological polar surface area (TPSA) is 72.9 Å². The lowest BCUT2D eigenvalue weighted by Crippen LogP contribution is -2.55. The van der Waals surface area contributed by atoms with E-state index < -0.39 is 6.04 Å². The molecule has 1 fully saturated rings. The summed E-state index contributed by atoms with van der Waals surface area (Å²) in [5.41, 5.74) is 2.30. The molecule has 6 heteroatoms. The number of aromatic hydroxyl groups is 1. The van der Waals surface area contributed by atoms with Gasteiger partial charge in [-0.3, -0.25) is 9.59 Å². The van der Waals surface area contributed by atoms with Crippen molar-refractivity contribution in [1.82, 2.24) is 10.2 Å². The molecule has 1 saturated heterocycles. The van der Waals surface area contributed by atoms with Crippen LogP contribution in [0.4, 0.5) is 5.69 Å². The fourth-order valence-electron chi connectivity index (χ4n) is 4.00. The molecule has 0 radical (unpaired) electrons. The number of para-hydroxylation sites is 2. The van der Waals surface area contributed by atoms with Gasteiger partial charge in [-0.1, -0.05) is 60.7 Å². The molecule has 0 spiro atoms. The van der Waals surface area contributed by atoms with E-state index in [9.17, 15) is 14.7 Å². The molecule has 2 amide bonds. The number of nitrogens with one attached hydrogen (secondary N) is 1. The van der Waals surface area contributed by atoms with Crippen molar-refractivity contribution in [2.75, 3.05) is 31.1 Å². The van der Waals surface area contributed by atoms with Crippen molar-refractivity contribution in [1.29, 1.82) is 0 Å². The molecule has 0 aromatic heterocycles. The van der Waals surface area contributed by atoms with Crippen LogP contribution in [-0.2, 0) is 11.2 Å². The lowest BCUT2D eigenvalue weighted by molar-refractivity contribution is -0.133. The van der Waals surface area contributed by atoms with Gasteiger partial charge in [0.25, 0.3) is 5.91 Å². The molecule has 3 aromatic carbocycles. The van der Waals surface area contributed by atoms with Gasteiger partial charge >= 0.3 is 0 Å². The second kappa shape index (κ2) is 10.0. The summed E-state index contributed by atoms with van der Waals surface area (Å²) in [6, 6.07) is 25.3. The molecule has 0 saturated carbocycles. The first-order valence-electron chi connectivity index (χ1n) is 10.8. The highest BCUT2D eigenvalue weighted by molar-refractivity contribution is 5.97. The molecule has 4 rings (SSSR count). The van der Waals surface area contributed by atoms with Gasteiger partial charge in [0.1, 0.15) is 11.8 Å². The molecule has 3 aromatic rings. The number of hydrogen-bond donors (Lipinski definition) is 2. The van der Waals surface area contributed by atoms with Crippen LogP contribution < -0.4 is 10.2 Å². The van der Waals surface area contributed by atoms with E-state index >= 15 is 0 Å². The molecule has 2 N–H and O–H groups in total. The summed E-state index contributed by atoms with van der Waals surface area (Å²) in [6.45, 7) is 2.29. The average molecular weight is 430 g/mol. The first-order valence-corrected chi connectivity index (χ1v) is 10.8. The summed E-state index contributed by atoms with van der Waals surface area (Å²) in [5.74, 6) is -0.104. The second-order valence-electron chi connectivity index (χ2n) is 7.88. The Bertz CT molecular complexity index is 1050. The van der Waals surface area contributed by atoms with E-state index in [1.807, 2.05) is 48.5 Å². The van der Waals surface area contributed by atoms with Gasteiger partial charge in [-0.25, -0.2) is 0 Å². The van der Waals surface area contributed by atoms with Crippen LogP contribution in [0.25, 0.3) is 0 Å². The number of piperazine rings is 1. The van der Waals surface area contributed by atoms with Gasteiger partial charge in [0, 0.05) is 38.2 Å². The smallest absolute Gasteiger partial charge is 0.251 e. The summed E-state index contributed by atoms with van der Waals surface area (Å²) in [4.78, 5) is 30.1. The fourth-order valence-corrected chi connectivity index (χ4v) is 4.00. The predicted octanol–water partition coefficient (Wildman–Crippen LogP) is 3.08. The third kappa shape index (κ3) is 5.09. The van der Waals surface area contributed by atoms with E-state index in [4.69, 9.17) is 0 Å².